The Morgan fingerprint density at radius 2 is 2.38 bits per heavy atom. The summed E-state index contributed by atoms with van der Waals surface area (Å²) in [5, 5.41) is 2.03. The number of rotatable bonds is 3. The molecule has 0 radical (unpaired) electrons. The van der Waals surface area contributed by atoms with E-state index < -0.39 is 0 Å². The minimum Gasteiger partial charge on any atom is -0.472 e. The summed E-state index contributed by atoms with van der Waals surface area (Å²) in [7, 11) is 0. The van der Waals surface area contributed by atoms with Gasteiger partial charge < -0.3 is 4.74 Å². The van der Waals surface area contributed by atoms with Gasteiger partial charge in [-0.1, -0.05) is 6.07 Å². The molecule has 2 rings (SSSR count). The molecule has 2 aromatic heterocycles. The molecule has 0 atom stereocenters. The molecule has 0 saturated heterocycles. The summed E-state index contributed by atoms with van der Waals surface area (Å²) in [6.07, 6.45) is 3.14. The van der Waals surface area contributed by atoms with E-state index in [-0.39, 0.29) is 0 Å². The Balaban J connectivity index is 1.94. The molecule has 13 heavy (non-hydrogen) atoms. The molecule has 0 aliphatic carbocycles. The van der Waals surface area contributed by atoms with Crippen LogP contribution in [0, 0.1) is 0 Å². The van der Waals surface area contributed by atoms with Gasteiger partial charge in [-0.25, -0.2) is 9.97 Å². The zero-order valence-corrected chi connectivity index (χ0v) is 7.70. The fourth-order valence-corrected chi connectivity index (χ4v) is 1.52. The third-order valence-corrected chi connectivity index (χ3v) is 2.35. The molecular formula is C9H8N2OS. The van der Waals surface area contributed by atoms with Crippen LogP contribution in [-0.2, 0) is 6.61 Å². The average molecular weight is 192 g/mol. The maximum absolute atomic E-state index is 5.41. The van der Waals surface area contributed by atoms with E-state index in [1.54, 1.807) is 23.6 Å². The Hall–Kier alpha value is -1.42. The van der Waals surface area contributed by atoms with Gasteiger partial charge in [0.1, 0.15) is 12.9 Å². The van der Waals surface area contributed by atoms with Crippen molar-refractivity contribution in [3.05, 3.63) is 41.0 Å². The first-order chi connectivity index (χ1) is 6.45. The van der Waals surface area contributed by atoms with Crippen molar-refractivity contribution in [2.24, 2.45) is 0 Å². The molecule has 2 heterocycles. The van der Waals surface area contributed by atoms with Crippen LogP contribution >= 0.6 is 11.3 Å². The zero-order chi connectivity index (χ0) is 8.93. The molecule has 0 unspecified atom stereocenters. The predicted molar refractivity (Wildman–Crippen MR) is 50.7 cm³/mol. The summed E-state index contributed by atoms with van der Waals surface area (Å²) < 4.78 is 5.41. The summed E-state index contributed by atoms with van der Waals surface area (Å²) >= 11 is 1.67. The lowest BCUT2D eigenvalue weighted by Gasteiger charge is -2.01. The van der Waals surface area contributed by atoms with Crippen molar-refractivity contribution in [3.63, 3.8) is 0 Å². The average Bonchev–Trinajstić information content (AvgIpc) is 2.69. The van der Waals surface area contributed by atoms with Gasteiger partial charge in [0.25, 0.3) is 0 Å². The van der Waals surface area contributed by atoms with Crippen LogP contribution in [0.25, 0.3) is 0 Å². The quantitative estimate of drug-likeness (QED) is 0.747. The van der Waals surface area contributed by atoms with Crippen molar-refractivity contribution in [1.29, 1.82) is 0 Å². The fraction of sp³-hybridized carbons (Fsp3) is 0.111. The molecule has 0 saturated carbocycles. The smallest absolute Gasteiger partial charge is 0.216 e. The van der Waals surface area contributed by atoms with Crippen LogP contribution in [0.1, 0.15) is 4.88 Å². The Kier molecular flexibility index (Phi) is 2.52. The Labute approximate surface area is 80.0 Å². The van der Waals surface area contributed by atoms with Crippen molar-refractivity contribution in [1.82, 2.24) is 9.97 Å². The first kappa shape index (κ1) is 8.19. The van der Waals surface area contributed by atoms with Crippen molar-refractivity contribution >= 4 is 11.3 Å². The zero-order valence-electron chi connectivity index (χ0n) is 6.88. The molecule has 0 amide bonds. The van der Waals surface area contributed by atoms with Gasteiger partial charge in [-0.2, -0.15) is 0 Å². The van der Waals surface area contributed by atoms with Gasteiger partial charge in [-0.05, 0) is 11.4 Å². The van der Waals surface area contributed by atoms with Gasteiger partial charge in [0.05, 0.1) is 0 Å². The van der Waals surface area contributed by atoms with E-state index in [1.807, 2.05) is 17.5 Å². The Morgan fingerprint density at radius 1 is 1.38 bits per heavy atom. The van der Waals surface area contributed by atoms with Crippen LogP contribution in [0.15, 0.2) is 36.1 Å². The van der Waals surface area contributed by atoms with Gasteiger partial charge in [-0.15, -0.1) is 11.3 Å². The molecule has 0 aliphatic heterocycles. The highest BCUT2D eigenvalue weighted by molar-refractivity contribution is 7.09. The lowest BCUT2D eigenvalue weighted by molar-refractivity contribution is 0.296. The minimum absolute atomic E-state index is 0.578. The third kappa shape index (κ3) is 2.26. The number of hydrogen-bond acceptors (Lipinski definition) is 4. The van der Waals surface area contributed by atoms with Crippen LogP contribution < -0.4 is 4.74 Å². The molecule has 0 spiro atoms. The number of nitrogens with zero attached hydrogens (tertiary/aromatic N) is 2. The molecule has 0 N–H and O–H groups in total. The van der Waals surface area contributed by atoms with Crippen LogP contribution in [-0.4, -0.2) is 9.97 Å². The normalized spacial score (nSPS) is 9.85. The SMILES string of the molecule is c1csc(COc2ccncn2)c1. The maximum atomic E-state index is 5.41. The molecule has 4 heteroatoms. The van der Waals surface area contributed by atoms with E-state index in [1.165, 1.54) is 11.2 Å². The van der Waals surface area contributed by atoms with E-state index in [9.17, 15) is 0 Å². The van der Waals surface area contributed by atoms with Gasteiger partial charge >= 0.3 is 0 Å². The van der Waals surface area contributed by atoms with Crippen molar-refractivity contribution in [2.75, 3.05) is 0 Å². The number of hydrogen-bond donors (Lipinski definition) is 0. The van der Waals surface area contributed by atoms with Crippen molar-refractivity contribution in [2.45, 2.75) is 6.61 Å². The largest absolute Gasteiger partial charge is 0.472 e. The summed E-state index contributed by atoms with van der Waals surface area (Å²) in [6, 6.07) is 5.78. The molecule has 0 bridgehead atoms. The standard InChI is InChI=1S/C9H8N2OS/c1-2-8(13-5-1)6-12-9-3-4-10-7-11-9/h1-5,7H,6H2. The highest BCUT2D eigenvalue weighted by Crippen LogP contribution is 2.11. The van der Waals surface area contributed by atoms with E-state index in [0.29, 0.717) is 12.5 Å². The third-order valence-electron chi connectivity index (χ3n) is 1.50. The van der Waals surface area contributed by atoms with Crippen molar-refractivity contribution in [3.8, 4) is 5.88 Å². The lowest BCUT2D eigenvalue weighted by Crippen LogP contribution is -1.94. The molecular weight excluding hydrogens is 184 g/mol. The summed E-state index contributed by atoms with van der Waals surface area (Å²) in [4.78, 5) is 8.94. The Morgan fingerprint density at radius 3 is 3.08 bits per heavy atom. The molecule has 2 aromatic rings. The van der Waals surface area contributed by atoms with Crippen LogP contribution in [0.5, 0.6) is 5.88 Å². The van der Waals surface area contributed by atoms with Crippen molar-refractivity contribution < 1.29 is 4.74 Å². The summed E-state index contributed by atoms with van der Waals surface area (Å²) in [5.41, 5.74) is 0. The molecule has 0 fully saturated rings. The predicted octanol–water partition coefficient (Wildman–Crippen LogP) is 2.12. The first-order valence-corrected chi connectivity index (χ1v) is 4.74. The number of ether oxygens (including phenoxy) is 1. The van der Waals surface area contributed by atoms with E-state index >= 15 is 0 Å². The second-order valence-electron chi connectivity index (χ2n) is 2.42. The highest BCUT2D eigenvalue weighted by atomic mass is 32.1. The summed E-state index contributed by atoms with van der Waals surface area (Å²) in [5.74, 6) is 0.614. The van der Waals surface area contributed by atoms with Gasteiger partial charge in [0.15, 0.2) is 0 Å². The van der Waals surface area contributed by atoms with E-state index in [2.05, 4.69) is 9.97 Å². The van der Waals surface area contributed by atoms with Crippen LogP contribution in [0.2, 0.25) is 0 Å². The van der Waals surface area contributed by atoms with Gasteiger partial charge in [0.2, 0.25) is 5.88 Å². The lowest BCUT2D eigenvalue weighted by atomic mass is 10.5. The molecule has 66 valence electrons. The molecule has 0 aromatic carbocycles. The number of aromatic nitrogens is 2. The highest BCUT2D eigenvalue weighted by Gasteiger charge is 1.95. The maximum Gasteiger partial charge on any atom is 0.216 e. The molecule has 0 aliphatic rings. The minimum atomic E-state index is 0.578. The topological polar surface area (TPSA) is 35.0 Å². The second kappa shape index (κ2) is 4.00. The van der Waals surface area contributed by atoms with Gasteiger partial charge in [-0.3, -0.25) is 0 Å². The van der Waals surface area contributed by atoms with Crippen LogP contribution in [0.4, 0.5) is 0 Å². The van der Waals surface area contributed by atoms with E-state index in [4.69, 9.17) is 4.74 Å². The Bertz CT molecular complexity index is 347. The van der Waals surface area contributed by atoms with Gasteiger partial charge in [0, 0.05) is 17.1 Å². The molecule has 3 nitrogen and oxygen atoms in total. The monoisotopic (exact) mass is 192 g/mol. The van der Waals surface area contributed by atoms with E-state index in [0.717, 1.165) is 0 Å². The van der Waals surface area contributed by atoms with Crippen LogP contribution in [0.3, 0.4) is 0 Å². The number of thiophene rings is 1. The first-order valence-electron chi connectivity index (χ1n) is 3.86. The second-order valence-corrected chi connectivity index (χ2v) is 3.45. The fourth-order valence-electron chi connectivity index (χ4n) is 0.904. The summed E-state index contributed by atoms with van der Waals surface area (Å²) in [6.45, 7) is 0.578.